The van der Waals surface area contributed by atoms with Crippen LogP contribution in [0.4, 0.5) is 5.69 Å². The van der Waals surface area contributed by atoms with Crippen LogP contribution in [0.5, 0.6) is 0 Å². The number of rotatable bonds is 7. The van der Waals surface area contributed by atoms with Crippen LogP contribution in [-0.4, -0.2) is 54.6 Å². The first-order valence-corrected chi connectivity index (χ1v) is 11.1. The zero-order chi connectivity index (χ0) is 20.5. The molecule has 3 fully saturated rings. The van der Waals surface area contributed by atoms with E-state index in [0.29, 0.717) is 23.6 Å². The van der Waals surface area contributed by atoms with Crippen LogP contribution < -0.4 is 16.0 Å². The number of hydrogen-bond acceptors (Lipinski definition) is 7. The summed E-state index contributed by atoms with van der Waals surface area (Å²) in [6.45, 7) is 3.98. The largest absolute Gasteiger partial charge is 0.388 e. The van der Waals surface area contributed by atoms with Crippen molar-refractivity contribution in [3.8, 4) is 0 Å². The summed E-state index contributed by atoms with van der Waals surface area (Å²) in [7, 11) is 0. The Bertz CT molecular complexity index is 957. The summed E-state index contributed by atoms with van der Waals surface area (Å²) in [6.07, 6.45) is 8.22. The van der Waals surface area contributed by atoms with Gasteiger partial charge in [0.1, 0.15) is 5.52 Å². The molecule has 3 aliphatic rings. The van der Waals surface area contributed by atoms with E-state index in [4.69, 9.17) is 25.8 Å². The fourth-order valence-electron chi connectivity index (χ4n) is 4.36. The molecule has 5 rings (SSSR count). The van der Waals surface area contributed by atoms with Gasteiger partial charge < -0.3 is 26.1 Å². The molecule has 4 N–H and O–H groups in total. The Labute approximate surface area is 177 Å². The van der Waals surface area contributed by atoms with E-state index < -0.39 is 0 Å². The summed E-state index contributed by atoms with van der Waals surface area (Å²) in [6, 6.07) is 6.61. The van der Waals surface area contributed by atoms with Gasteiger partial charge in [-0.2, -0.15) is 0 Å². The Morgan fingerprint density at radius 2 is 2.07 bits per heavy atom. The van der Waals surface area contributed by atoms with Crippen molar-refractivity contribution in [3.05, 3.63) is 36.3 Å². The minimum absolute atomic E-state index is 0.355. The standard InChI is InChI=1S/C23H30N6O/c24-12-15-10-17(11-15)26-13-18(22(25)16-4-5-16)20-14-27-23-19(28-20)2-1-3-21(23)29-6-8-30-9-7-29/h1-3,13-17,25-26H,4-12,24H2/b18-13-,25-22?. The summed E-state index contributed by atoms with van der Waals surface area (Å²) in [5.41, 5.74) is 11.0. The quantitative estimate of drug-likeness (QED) is 0.611. The van der Waals surface area contributed by atoms with E-state index >= 15 is 0 Å². The predicted molar refractivity (Wildman–Crippen MR) is 120 cm³/mol. The minimum atomic E-state index is 0.355. The van der Waals surface area contributed by atoms with E-state index in [-0.39, 0.29) is 0 Å². The highest BCUT2D eigenvalue weighted by Crippen LogP contribution is 2.36. The number of aromatic nitrogens is 2. The maximum absolute atomic E-state index is 8.69. The molecule has 0 bridgehead atoms. The van der Waals surface area contributed by atoms with Crippen molar-refractivity contribution >= 4 is 28.0 Å². The van der Waals surface area contributed by atoms with E-state index in [0.717, 1.165) is 86.5 Å². The van der Waals surface area contributed by atoms with E-state index in [9.17, 15) is 0 Å². The number of fused-ring (bicyclic) bond motifs is 1. The zero-order valence-electron chi connectivity index (χ0n) is 17.3. The maximum atomic E-state index is 8.69. The third kappa shape index (κ3) is 3.91. The number of anilines is 1. The third-order valence-corrected chi connectivity index (χ3v) is 6.49. The number of hydrogen-bond donors (Lipinski definition) is 3. The van der Waals surface area contributed by atoms with Gasteiger partial charge >= 0.3 is 0 Å². The van der Waals surface area contributed by atoms with Crippen molar-refractivity contribution in [1.29, 1.82) is 5.41 Å². The number of nitrogens with two attached hydrogens (primary N) is 1. The molecule has 0 atom stereocenters. The van der Waals surface area contributed by atoms with Crippen molar-refractivity contribution in [2.75, 3.05) is 37.7 Å². The lowest BCUT2D eigenvalue weighted by Crippen LogP contribution is -2.41. The molecule has 1 saturated heterocycles. The normalized spacial score (nSPS) is 24.6. The molecule has 2 aliphatic carbocycles. The second kappa shape index (κ2) is 8.32. The molecule has 30 heavy (non-hydrogen) atoms. The lowest BCUT2D eigenvalue weighted by atomic mass is 9.80. The summed E-state index contributed by atoms with van der Waals surface area (Å²) >= 11 is 0. The highest BCUT2D eigenvalue weighted by atomic mass is 16.5. The number of nitrogens with one attached hydrogen (secondary N) is 2. The Morgan fingerprint density at radius 1 is 1.27 bits per heavy atom. The van der Waals surface area contributed by atoms with E-state index in [2.05, 4.69) is 16.3 Å². The second-order valence-corrected chi connectivity index (χ2v) is 8.68. The van der Waals surface area contributed by atoms with E-state index in [1.54, 1.807) is 0 Å². The second-order valence-electron chi connectivity index (χ2n) is 8.68. The van der Waals surface area contributed by atoms with Crippen molar-refractivity contribution in [1.82, 2.24) is 15.3 Å². The Kier molecular flexibility index (Phi) is 5.39. The summed E-state index contributed by atoms with van der Waals surface area (Å²) in [5.74, 6) is 0.981. The monoisotopic (exact) mass is 406 g/mol. The highest BCUT2D eigenvalue weighted by molar-refractivity contribution is 6.23. The van der Waals surface area contributed by atoms with Gasteiger partial charge in [-0.25, -0.2) is 4.98 Å². The lowest BCUT2D eigenvalue weighted by molar-refractivity contribution is 0.123. The minimum Gasteiger partial charge on any atom is -0.388 e. The fourth-order valence-corrected chi connectivity index (χ4v) is 4.36. The number of allylic oxidation sites excluding steroid dienone is 1. The molecule has 2 saturated carbocycles. The lowest BCUT2D eigenvalue weighted by Gasteiger charge is -2.34. The van der Waals surface area contributed by atoms with Gasteiger partial charge in [0, 0.05) is 42.5 Å². The summed E-state index contributed by atoms with van der Waals surface area (Å²) in [4.78, 5) is 12.0. The molecular weight excluding hydrogens is 376 g/mol. The smallest absolute Gasteiger partial charge is 0.112 e. The predicted octanol–water partition coefficient (Wildman–Crippen LogP) is 2.56. The molecule has 1 aromatic heterocycles. The molecule has 7 nitrogen and oxygen atoms in total. The van der Waals surface area contributed by atoms with Gasteiger partial charge in [-0.15, -0.1) is 0 Å². The maximum Gasteiger partial charge on any atom is 0.112 e. The number of para-hydroxylation sites is 1. The fraction of sp³-hybridized carbons (Fsp3) is 0.522. The molecule has 0 radical (unpaired) electrons. The molecule has 158 valence electrons. The van der Waals surface area contributed by atoms with Crippen LogP contribution in [0.15, 0.2) is 30.6 Å². The number of morpholine rings is 1. The van der Waals surface area contributed by atoms with E-state index in [1.165, 1.54) is 0 Å². The van der Waals surface area contributed by atoms with Crippen LogP contribution in [0, 0.1) is 17.2 Å². The zero-order valence-corrected chi connectivity index (χ0v) is 17.3. The van der Waals surface area contributed by atoms with Gasteiger partial charge in [0.2, 0.25) is 0 Å². The Morgan fingerprint density at radius 3 is 2.80 bits per heavy atom. The molecule has 2 aromatic rings. The van der Waals surface area contributed by atoms with Crippen LogP contribution in [0.25, 0.3) is 16.6 Å². The molecule has 1 aliphatic heterocycles. The van der Waals surface area contributed by atoms with Gasteiger partial charge in [-0.05, 0) is 50.3 Å². The topological polar surface area (TPSA) is 100 Å². The van der Waals surface area contributed by atoms with Gasteiger partial charge in [0.15, 0.2) is 0 Å². The first kappa shape index (κ1) is 19.5. The van der Waals surface area contributed by atoms with E-state index in [1.807, 2.05) is 24.5 Å². The van der Waals surface area contributed by atoms with Gasteiger partial charge in [-0.3, -0.25) is 4.98 Å². The van der Waals surface area contributed by atoms with Gasteiger partial charge in [0.25, 0.3) is 0 Å². The molecule has 7 heteroatoms. The van der Waals surface area contributed by atoms with Crippen LogP contribution in [-0.2, 0) is 4.74 Å². The average molecular weight is 407 g/mol. The first-order chi connectivity index (χ1) is 14.7. The van der Waals surface area contributed by atoms with Crippen LogP contribution in [0.1, 0.15) is 31.4 Å². The van der Waals surface area contributed by atoms with Crippen LogP contribution in [0.2, 0.25) is 0 Å². The van der Waals surface area contributed by atoms with Gasteiger partial charge in [-0.1, -0.05) is 6.07 Å². The van der Waals surface area contributed by atoms with Crippen molar-refractivity contribution in [2.45, 2.75) is 31.7 Å². The molecule has 0 spiro atoms. The molecule has 1 aromatic carbocycles. The highest BCUT2D eigenvalue weighted by Gasteiger charge is 2.31. The first-order valence-electron chi connectivity index (χ1n) is 11.1. The SMILES string of the molecule is N=C(/C(=C\NC1CC(CN)C1)c1cnc2c(N3CCOCC3)cccc2n1)C1CC1. The average Bonchev–Trinajstić information content (AvgIpc) is 3.60. The molecule has 2 heterocycles. The Hall–Kier alpha value is -2.51. The molecular formula is C23H30N6O. The molecule has 0 unspecified atom stereocenters. The third-order valence-electron chi connectivity index (χ3n) is 6.49. The van der Waals surface area contributed by atoms with Crippen LogP contribution in [0.3, 0.4) is 0 Å². The number of benzene rings is 1. The summed E-state index contributed by atoms with van der Waals surface area (Å²) in [5, 5.41) is 12.2. The number of ether oxygens (including phenoxy) is 1. The van der Waals surface area contributed by atoms with Crippen LogP contribution >= 0.6 is 0 Å². The molecule has 0 amide bonds. The summed E-state index contributed by atoms with van der Waals surface area (Å²) < 4.78 is 5.49. The van der Waals surface area contributed by atoms with Crippen molar-refractivity contribution in [2.24, 2.45) is 17.6 Å². The Balaban J connectivity index is 1.43. The van der Waals surface area contributed by atoms with Gasteiger partial charge in [0.05, 0.1) is 36.3 Å². The van der Waals surface area contributed by atoms with Crippen molar-refractivity contribution in [3.63, 3.8) is 0 Å². The number of nitrogens with zero attached hydrogens (tertiary/aromatic N) is 3. The van der Waals surface area contributed by atoms with Crippen molar-refractivity contribution < 1.29 is 4.74 Å².